The standard InChI is InChI=1S/C26H21ClN2O3/c1-31-24-15-18(16-28-29-26(30)20-9-3-2-4-10-20)14-23(27)25(24)32-17-21-12-7-11-19-8-5-6-13-22(19)21/h2-16H,17H2,1H3,(H,29,30)/b28-16-. The molecule has 0 heterocycles. The fourth-order valence-electron chi connectivity index (χ4n) is 3.34. The molecule has 0 radical (unpaired) electrons. The molecule has 1 N–H and O–H groups in total. The number of methoxy groups -OCH3 is 1. The van der Waals surface area contributed by atoms with Crippen LogP contribution in [-0.4, -0.2) is 19.2 Å². The minimum Gasteiger partial charge on any atom is -0.493 e. The van der Waals surface area contributed by atoms with Gasteiger partial charge in [0.25, 0.3) is 5.91 Å². The van der Waals surface area contributed by atoms with Gasteiger partial charge in [0.05, 0.1) is 18.3 Å². The van der Waals surface area contributed by atoms with Crippen molar-refractivity contribution in [3.05, 3.63) is 107 Å². The molecule has 0 unspecified atom stereocenters. The maximum Gasteiger partial charge on any atom is 0.271 e. The van der Waals surface area contributed by atoms with Gasteiger partial charge in [-0.15, -0.1) is 0 Å². The maximum absolute atomic E-state index is 12.1. The van der Waals surface area contributed by atoms with E-state index in [4.69, 9.17) is 21.1 Å². The largest absolute Gasteiger partial charge is 0.493 e. The number of rotatable bonds is 7. The molecular formula is C26H21ClN2O3. The van der Waals surface area contributed by atoms with Gasteiger partial charge in [0.1, 0.15) is 6.61 Å². The quantitative estimate of drug-likeness (QED) is 0.287. The Morgan fingerprint density at radius 3 is 2.56 bits per heavy atom. The smallest absolute Gasteiger partial charge is 0.271 e. The van der Waals surface area contributed by atoms with Crippen molar-refractivity contribution in [1.29, 1.82) is 0 Å². The minimum atomic E-state index is -0.296. The number of ether oxygens (including phenoxy) is 2. The fraction of sp³-hybridized carbons (Fsp3) is 0.0769. The van der Waals surface area contributed by atoms with E-state index in [1.54, 1.807) is 43.5 Å². The van der Waals surface area contributed by atoms with Gasteiger partial charge in [-0.1, -0.05) is 72.3 Å². The third-order valence-corrected chi connectivity index (χ3v) is 5.20. The Morgan fingerprint density at radius 1 is 1.00 bits per heavy atom. The number of hydrogen-bond acceptors (Lipinski definition) is 4. The van der Waals surface area contributed by atoms with Crippen molar-refractivity contribution in [3.63, 3.8) is 0 Å². The first-order chi connectivity index (χ1) is 15.7. The molecule has 0 aromatic heterocycles. The number of fused-ring (bicyclic) bond motifs is 1. The van der Waals surface area contributed by atoms with Crippen molar-refractivity contribution in [2.75, 3.05) is 7.11 Å². The molecule has 32 heavy (non-hydrogen) atoms. The number of benzene rings is 4. The van der Waals surface area contributed by atoms with E-state index in [2.05, 4.69) is 28.7 Å². The molecule has 0 aliphatic heterocycles. The van der Waals surface area contributed by atoms with Crippen molar-refractivity contribution in [2.45, 2.75) is 6.61 Å². The molecule has 0 spiro atoms. The van der Waals surface area contributed by atoms with Gasteiger partial charge in [0.2, 0.25) is 0 Å². The summed E-state index contributed by atoms with van der Waals surface area (Å²) in [4.78, 5) is 12.1. The highest BCUT2D eigenvalue weighted by molar-refractivity contribution is 6.32. The SMILES string of the molecule is COc1cc(/C=N\NC(=O)c2ccccc2)cc(Cl)c1OCc1cccc2ccccc12. The summed E-state index contributed by atoms with van der Waals surface area (Å²) < 4.78 is 11.5. The molecule has 0 fully saturated rings. The lowest BCUT2D eigenvalue weighted by atomic mass is 10.1. The summed E-state index contributed by atoms with van der Waals surface area (Å²) in [5, 5.41) is 6.68. The first-order valence-corrected chi connectivity index (χ1v) is 10.4. The molecular weight excluding hydrogens is 424 g/mol. The van der Waals surface area contributed by atoms with Crippen molar-refractivity contribution in [1.82, 2.24) is 5.43 Å². The number of hydrogen-bond donors (Lipinski definition) is 1. The zero-order chi connectivity index (χ0) is 22.3. The number of amides is 1. The summed E-state index contributed by atoms with van der Waals surface area (Å²) in [6.07, 6.45) is 1.50. The van der Waals surface area contributed by atoms with Gasteiger partial charge in [0, 0.05) is 5.56 Å². The van der Waals surface area contributed by atoms with E-state index in [9.17, 15) is 4.79 Å². The molecule has 0 saturated heterocycles. The van der Waals surface area contributed by atoms with Crippen LogP contribution in [0, 0.1) is 0 Å². The number of carbonyl (C=O) groups excluding carboxylic acids is 1. The van der Waals surface area contributed by atoms with Crippen molar-refractivity contribution in [2.24, 2.45) is 5.10 Å². The molecule has 4 rings (SSSR count). The first-order valence-electron chi connectivity index (χ1n) is 10.0. The molecule has 5 nitrogen and oxygen atoms in total. The number of nitrogens with zero attached hydrogens (tertiary/aromatic N) is 1. The third kappa shape index (κ3) is 4.90. The van der Waals surface area contributed by atoms with Gasteiger partial charge in [-0.2, -0.15) is 5.10 Å². The van der Waals surface area contributed by atoms with Crippen LogP contribution in [-0.2, 0) is 6.61 Å². The van der Waals surface area contributed by atoms with Crippen LogP contribution >= 0.6 is 11.6 Å². The Hall–Kier alpha value is -3.83. The summed E-state index contributed by atoms with van der Waals surface area (Å²) >= 11 is 6.48. The predicted molar refractivity (Wildman–Crippen MR) is 128 cm³/mol. The molecule has 6 heteroatoms. The molecule has 4 aromatic carbocycles. The van der Waals surface area contributed by atoms with Crippen LogP contribution in [0.25, 0.3) is 10.8 Å². The average molecular weight is 445 g/mol. The zero-order valence-electron chi connectivity index (χ0n) is 17.4. The van der Waals surface area contributed by atoms with Crippen molar-refractivity contribution < 1.29 is 14.3 Å². The molecule has 0 bridgehead atoms. The van der Waals surface area contributed by atoms with Gasteiger partial charge in [0.15, 0.2) is 11.5 Å². The van der Waals surface area contributed by atoms with E-state index >= 15 is 0 Å². The van der Waals surface area contributed by atoms with Crippen LogP contribution in [0.2, 0.25) is 5.02 Å². The monoisotopic (exact) mass is 444 g/mol. The lowest BCUT2D eigenvalue weighted by Gasteiger charge is -2.14. The van der Waals surface area contributed by atoms with Gasteiger partial charge < -0.3 is 9.47 Å². The molecule has 1 amide bonds. The minimum absolute atomic E-state index is 0.296. The Bertz CT molecular complexity index is 1270. The molecule has 4 aromatic rings. The lowest BCUT2D eigenvalue weighted by Crippen LogP contribution is -2.17. The Kier molecular flexibility index (Phi) is 6.68. The maximum atomic E-state index is 12.1. The molecule has 0 aliphatic carbocycles. The summed E-state index contributed by atoms with van der Waals surface area (Å²) in [5.41, 5.74) is 4.74. The van der Waals surface area contributed by atoms with Gasteiger partial charge >= 0.3 is 0 Å². The van der Waals surface area contributed by atoms with E-state index in [0.717, 1.165) is 16.3 Å². The number of halogens is 1. The van der Waals surface area contributed by atoms with E-state index in [1.165, 1.54) is 6.21 Å². The third-order valence-electron chi connectivity index (χ3n) is 4.92. The number of nitrogens with one attached hydrogen (secondary N) is 1. The van der Waals surface area contributed by atoms with Crippen LogP contribution in [0.1, 0.15) is 21.5 Å². The van der Waals surface area contributed by atoms with Crippen LogP contribution in [0.3, 0.4) is 0 Å². The second kappa shape index (κ2) is 9.98. The van der Waals surface area contributed by atoms with Crippen molar-refractivity contribution >= 4 is 34.5 Å². The molecule has 0 atom stereocenters. The second-order valence-corrected chi connectivity index (χ2v) is 7.43. The number of hydrazone groups is 1. The summed E-state index contributed by atoms with van der Waals surface area (Å²) in [6, 6.07) is 26.6. The fourth-order valence-corrected chi connectivity index (χ4v) is 3.62. The highest BCUT2D eigenvalue weighted by Crippen LogP contribution is 2.37. The van der Waals surface area contributed by atoms with Gasteiger partial charge in [-0.25, -0.2) is 5.43 Å². The van der Waals surface area contributed by atoms with Crippen LogP contribution in [0.5, 0.6) is 11.5 Å². The van der Waals surface area contributed by atoms with Crippen molar-refractivity contribution in [3.8, 4) is 11.5 Å². The normalized spacial score (nSPS) is 10.9. The van der Waals surface area contributed by atoms with E-state index in [0.29, 0.717) is 34.3 Å². The summed E-state index contributed by atoms with van der Waals surface area (Å²) in [6.45, 7) is 0.345. The Morgan fingerprint density at radius 2 is 1.75 bits per heavy atom. The first kappa shape index (κ1) is 21.4. The van der Waals surface area contributed by atoms with Crippen LogP contribution in [0.4, 0.5) is 0 Å². The highest BCUT2D eigenvalue weighted by Gasteiger charge is 2.13. The van der Waals surface area contributed by atoms with E-state index in [1.807, 2.05) is 30.3 Å². The Balaban J connectivity index is 1.49. The van der Waals surface area contributed by atoms with Gasteiger partial charge in [-0.05, 0) is 46.2 Å². The molecule has 0 saturated carbocycles. The Labute approximate surface area is 191 Å². The predicted octanol–water partition coefficient (Wildman–Crippen LogP) is 5.84. The van der Waals surface area contributed by atoms with E-state index < -0.39 is 0 Å². The lowest BCUT2D eigenvalue weighted by molar-refractivity contribution is 0.0955. The number of carbonyl (C=O) groups is 1. The highest BCUT2D eigenvalue weighted by atomic mass is 35.5. The topological polar surface area (TPSA) is 59.9 Å². The van der Waals surface area contributed by atoms with Crippen LogP contribution < -0.4 is 14.9 Å². The molecule has 160 valence electrons. The average Bonchev–Trinajstić information content (AvgIpc) is 2.83. The zero-order valence-corrected chi connectivity index (χ0v) is 18.2. The van der Waals surface area contributed by atoms with E-state index in [-0.39, 0.29) is 5.91 Å². The van der Waals surface area contributed by atoms with Crippen LogP contribution in [0.15, 0.2) is 90.0 Å². The summed E-state index contributed by atoms with van der Waals surface area (Å²) in [5.74, 6) is 0.635. The van der Waals surface area contributed by atoms with Gasteiger partial charge in [-0.3, -0.25) is 4.79 Å². The molecule has 0 aliphatic rings. The second-order valence-electron chi connectivity index (χ2n) is 7.03. The summed E-state index contributed by atoms with van der Waals surface area (Å²) in [7, 11) is 1.55.